The van der Waals surface area contributed by atoms with Crippen molar-refractivity contribution < 1.29 is 23.7 Å². The molecule has 0 radical (unpaired) electrons. The molecule has 0 aromatic heterocycles. The number of benzene rings is 2. The maximum Gasteiger partial charge on any atom is 0.257 e. The van der Waals surface area contributed by atoms with Gasteiger partial charge in [0.1, 0.15) is 13.2 Å². The molecule has 0 unspecified atom stereocenters. The molecule has 6 nitrogen and oxygen atoms in total. The summed E-state index contributed by atoms with van der Waals surface area (Å²) in [5, 5.41) is 2.86. The second-order valence-corrected chi connectivity index (χ2v) is 5.75. The van der Waals surface area contributed by atoms with Gasteiger partial charge in [0, 0.05) is 6.54 Å². The quantitative estimate of drug-likeness (QED) is 0.787. The summed E-state index contributed by atoms with van der Waals surface area (Å²) in [6, 6.07) is 13.2. The first-order valence-corrected chi connectivity index (χ1v) is 8.76. The van der Waals surface area contributed by atoms with Crippen LogP contribution in [0.4, 0.5) is 0 Å². The fraction of sp³-hybridized carbons (Fsp3) is 0.350. The lowest BCUT2D eigenvalue weighted by Crippen LogP contribution is -2.30. The fourth-order valence-corrected chi connectivity index (χ4v) is 2.63. The van der Waals surface area contributed by atoms with Crippen molar-refractivity contribution in [3.05, 3.63) is 48.0 Å². The molecule has 0 aliphatic carbocycles. The van der Waals surface area contributed by atoms with Crippen LogP contribution in [0.3, 0.4) is 0 Å². The van der Waals surface area contributed by atoms with Crippen molar-refractivity contribution in [2.75, 3.05) is 33.0 Å². The van der Waals surface area contributed by atoms with Crippen LogP contribution in [0.2, 0.25) is 0 Å². The molecular weight excluding hydrogens is 334 g/mol. The zero-order valence-corrected chi connectivity index (χ0v) is 14.8. The summed E-state index contributed by atoms with van der Waals surface area (Å²) in [6.45, 7) is 4.06. The summed E-state index contributed by atoms with van der Waals surface area (Å²) >= 11 is 0. The van der Waals surface area contributed by atoms with E-state index in [-0.39, 0.29) is 12.5 Å². The van der Waals surface area contributed by atoms with Crippen molar-refractivity contribution in [1.82, 2.24) is 5.32 Å². The number of carbonyl (C=O) groups is 1. The summed E-state index contributed by atoms with van der Waals surface area (Å²) in [5.41, 5.74) is 1.08. The molecule has 1 aliphatic rings. The molecule has 2 aromatic rings. The number of carbonyl (C=O) groups excluding carboxylic acids is 1. The maximum absolute atomic E-state index is 12.0. The molecule has 1 heterocycles. The average Bonchev–Trinajstić information content (AvgIpc) is 2.67. The van der Waals surface area contributed by atoms with E-state index < -0.39 is 0 Å². The lowest BCUT2D eigenvalue weighted by atomic mass is 10.1. The third kappa shape index (κ3) is 4.81. The molecule has 3 rings (SSSR count). The van der Waals surface area contributed by atoms with E-state index in [9.17, 15) is 4.79 Å². The number of para-hydroxylation sites is 2. The highest BCUT2D eigenvalue weighted by atomic mass is 16.6. The third-order valence-electron chi connectivity index (χ3n) is 3.85. The number of amides is 1. The number of hydrogen-bond donors (Lipinski definition) is 1. The van der Waals surface area contributed by atoms with E-state index in [1.54, 1.807) is 6.07 Å². The van der Waals surface area contributed by atoms with Gasteiger partial charge in [-0.1, -0.05) is 18.2 Å². The second-order valence-electron chi connectivity index (χ2n) is 5.75. The first-order valence-electron chi connectivity index (χ1n) is 8.76. The van der Waals surface area contributed by atoms with Crippen LogP contribution in [-0.4, -0.2) is 38.9 Å². The van der Waals surface area contributed by atoms with E-state index in [4.69, 9.17) is 18.9 Å². The zero-order chi connectivity index (χ0) is 18.2. The number of fused-ring (bicyclic) bond motifs is 1. The van der Waals surface area contributed by atoms with Crippen LogP contribution in [-0.2, 0) is 11.2 Å². The molecule has 0 saturated heterocycles. The molecule has 138 valence electrons. The van der Waals surface area contributed by atoms with Gasteiger partial charge in [-0.25, -0.2) is 0 Å². The Labute approximate surface area is 153 Å². The summed E-state index contributed by atoms with van der Waals surface area (Å²) in [5.74, 6) is 2.56. The van der Waals surface area contributed by atoms with E-state index in [1.807, 2.05) is 43.3 Å². The molecule has 1 N–H and O–H groups in total. The number of ether oxygens (including phenoxy) is 4. The summed E-state index contributed by atoms with van der Waals surface area (Å²) in [7, 11) is 0. The maximum atomic E-state index is 12.0. The van der Waals surface area contributed by atoms with Crippen molar-refractivity contribution in [2.45, 2.75) is 13.3 Å². The number of hydrogen-bond acceptors (Lipinski definition) is 5. The summed E-state index contributed by atoms with van der Waals surface area (Å²) in [4.78, 5) is 12.0. The number of rotatable bonds is 8. The van der Waals surface area contributed by atoms with Gasteiger partial charge in [0.15, 0.2) is 29.6 Å². The smallest absolute Gasteiger partial charge is 0.257 e. The van der Waals surface area contributed by atoms with Crippen LogP contribution >= 0.6 is 0 Å². The van der Waals surface area contributed by atoms with Gasteiger partial charge in [-0.2, -0.15) is 0 Å². The van der Waals surface area contributed by atoms with Gasteiger partial charge in [-0.05, 0) is 43.2 Å². The Morgan fingerprint density at radius 1 is 1.04 bits per heavy atom. The molecular formula is C20H23NO5. The fourth-order valence-electron chi connectivity index (χ4n) is 2.63. The molecule has 0 spiro atoms. The minimum Gasteiger partial charge on any atom is -0.490 e. The van der Waals surface area contributed by atoms with Crippen molar-refractivity contribution in [1.29, 1.82) is 0 Å². The molecule has 0 saturated carbocycles. The Morgan fingerprint density at radius 2 is 1.77 bits per heavy atom. The van der Waals surface area contributed by atoms with Crippen LogP contribution in [0.25, 0.3) is 0 Å². The van der Waals surface area contributed by atoms with Gasteiger partial charge >= 0.3 is 0 Å². The first-order chi connectivity index (χ1) is 12.8. The van der Waals surface area contributed by atoms with E-state index in [0.29, 0.717) is 44.3 Å². The molecule has 1 amide bonds. The topological polar surface area (TPSA) is 66.0 Å². The summed E-state index contributed by atoms with van der Waals surface area (Å²) in [6.07, 6.45) is 0.706. The Hall–Kier alpha value is -2.89. The van der Waals surface area contributed by atoms with Crippen molar-refractivity contribution in [3.8, 4) is 23.0 Å². The minimum atomic E-state index is -0.172. The SMILES string of the molecule is CCOc1ccccc1OCC(=O)NCCc1ccc2c(c1)OCCO2. The molecule has 6 heteroatoms. The normalized spacial score (nSPS) is 12.3. The lowest BCUT2D eigenvalue weighted by molar-refractivity contribution is -0.123. The second kappa shape index (κ2) is 8.99. The van der Waals surface area contributed by atoms with Gasteiger partial charge in [0.05, 0.1) is 6.61 Å². The molecule has 26 heavy (non-hydrogen) atoms. The zero-order valence-electron chi connectivity index (χ0n) is 14.8. The predicted octanol–water partition coefficient (Wildman–Crippen LogP) is 2.59. The van der Waals surface area contributed by atoms with Gasteiger partial charge in [0.2, 0.25) is 0 Å². The van der Waals surface area contributed by atoms with Crippen LogP contribution in [0.15, 0.2) is 42.5 Å². The molecule has 0 bridgehead atoms. The average molecular weight is 357 g/mol. The minimum absolute atomic E-state index is 0.0504. The molecule has 1 aliphatic heterocycles. The van der Waals surface area contributed by atoms with Gasteiger partial charge in [0.25, 0.3) is 5.91 Å². The van der Waals surface area contributed by atoms with Crippen LogP contribution in [0.1, 0.15) is 12.5 Å². The van der Waals surface area contributed by atoms with Crippen molar-refractivity contribution >= 4 is 5.91 Å². The van der Waals surface area contributed by atoms with Crippen molar-refractivity contribution in [2.24, 2.45) is 0 Å². The highest BCUT2D eigenvalue weighted by Gasteiger charge is 2.12. The Balaban J connectivity index is 1.43. The predicted molar refractivity (Wildman–Crippen MR) is 97.3 cm³/mol. The monoisotopic (exact) mass is 357 g/mol. The number of nitrogens with one attached hydrogen (secondary N) is 1. The molecule has 0 fully saturated rings. The standard InChI is InChI=1S/C20H23NO5/c1-2-23-16-5-3-4-6-17(16)26-14-20(22)21-10-9-15-7-8-18-19(13-15)25-12-11-24-18/h3-8,13H,2,9-12,14H2,1H3,(H,21,22). The van der Waals surface area contributed by atoms with Crippen LogP contribution in [0, 0.1) is 0 Å². The Bertz CT molecular complexity index is 747. The first kappa shape index (κ1) is 17.9. The van der Waals surface area contributed by atoms with Crippen LogP contribution < -0.4 is 24.3 Å². The molecule has 0 atom stereocenters. The van der Waals surface area contributed by atoms with Gasteiger partial charge in [-0.15, -0.1) is 0 Å². The Kier molecular flexibility index (Phi) is 6.19. The third-order valence-corrected chi connectivity index (χ3v) is 3.85. The Morgan fingerprint density at radius 3 is 2.54 bits per heavy atom. The largest absolute Gasteiger partial charge is 0.490 e. The van der Waals surface area contributed by atoms with E-state index in [0.717, 1.165) is 17.1 Å². The molecule has 2 aromatic carbocycles. The van der Waals surface area contributed by atoms with E-state index >= 15 is 0 Å². The van der Waals surface area contributed by atoms with Gasteiger partial charge < -0.3 is 24.3 Å². The van der Waals surface area contributed by atoms with E-state index in [1.165, 1.54) is 0 Å². The van der Waals surface area contributed by atoms with Crippen LogP contribution in [0.5, 0.6) is 23.0 Å². The van der Waals surface area contributed by atoms with E-state index in [2.05, 4.69) is 5.32 Å². The lowest BCUT2D eigenvalue weighted by Gasteiger charge is -2.18. The van der Waals surface area contributed by atoms with Gasteiger partial charge in [-0.3, -0.25) is 4.79 Å². The van der Waals surface area contributed by atoms with Crippen molar-refractivity contribution in [3.63, 3.8) is 0 Å². The summed E-state index contributed by atoms with van der Waals surface area (Å²) < 4.78 is 22.1. The highest BCUT2D eigenvalue weighted by Crippen LogP contribution is 2.30. The highest BCUT2D eigenvalue weighted by molar-refractivity contribution is 5.77.